The first-order valence-electron chi connectivity index (χ1n) is 6.99. The fourth-order valence-corrected chi connectivity index (χ4v) is 2.50. The van der Waals surface area contributed by atoms with Gasteiger partial charge in [-0.3, -0.25) is 0 Å². The minimum absolute atomic E-state index is 0.0711. The Kier molecular flexibility index (Phi) is 6.40. The van der Waals surface area contributed by atoms with Gasteiger partial charge in [-0.1, -0.05) is 0 Å². The van der Waals surface area contributed by atoms with Gasteiger partial charge in [0, 0.05) is 13.7 Å². The summed E-state index contributed by atoms with van der Waals surface area (Å²) in [4.78, 5) is 20.8. The maximum Gasteiger partial charge on any atom is 0.490 e. The molecule has 0 aromatic rings. The molecule has 0 radical (unpaired) electrons. The van der Waals surface area contributed by atoms with Crippen molar-refractivity contribution in [2.24, 2.45) is 5.73 Å². The number of esters is 1. The number of carbonyl (C=O) groups is 2. The van der Waals surface area contributed by atoms with Gasteiger partial charge in [-0.2, -0.15) is 13.2 Å². The van der Waals surface area contributed by atoms with Crippen LogP contribution in [0.5, 0.6) is 0 Å². The summed E-state index contributed by atoms with van der Waals surface area (Å²) in [6, 6.07) is 0. The van der Waals surface area contributed by atoms with Crippen LogP contribution in [0.25, 0.3) is 0 Å². The smallest absolute Gasteiger partial charge is 0.475 e. The lowest BCUT2D eigenvalue weighted by Crippen LogP contribution is -2.57. The molecular formula is C13H20F3NO8. The van der Waals surface area contributed by atoms with E-state index < -0.39 is 48.0 Å². The zero-order valence-corrected chi connectivity index (χ0v) is 14.0. The number of fused-ring (bicyclic) bond motifs is 1. The molecule has 2 fully saturated rings. The van der Waals surface area contributed by atoms with Crippen molar-refractivity contribution in [3.05, 3.63) is 0 Å². The molecule has 4 atom stereocenters. The van der Waals surface area contributed by atoms with Gasteiger partial charge in [0.15, 0.2) is 12.1 Å². The predicted octanol–water partition coefficient (Wildman–Crippen LogP) is 0.0130. The van der Waals surface area contributed by atoms with E-state index >= 15 is 0 Å². The van der Waals surface area contributed by atoms with Crippen molar-refractivity contribution in [1.29, 1.82) is 0 Å². The summed E-state index contributed by atoms with van der Waals surface area (Å²) in [5, 5.41) is 7.12. The van der Waals surface area contributed by atoms with Crippen LogP contribution in [0.3, 0.4) is 0 Å². The minimum atomic E-state index is -5.08. The van der Waals surface area contributed by atoms with E-state index in [1.54, 1.807) is 13.8 Å². The van der Waals surface area contributed by atoms with E-state index in [-0.39, 0.29) is 6.54 Å². The molecule has 2 saturated heterocycles. The molecule has 2 heterocycles. The van der Waals surface area contributed by atoms with E-state index in [0.717, 1.165) is 0 Å². The number of methoxy groups -OCH3 is 2. The van der Waals surface area contributed by atoms with E-state index in [9.17, 15) is 18.0 Å². The highest BCUT2D eigenvalue weighted by Gasteiger charge is 2.65. The quantitative estimate of drug-likeness (QED) is 0.656. The molecule has 0 saturated carbocycles. The lowest BCUT2D eigenvalue weighted by molar-refractivity contribution is -0.243. The molecule has 9 nitrogen and oxygen atoms in total. The predicted molar refractivity (Wildman–Crippen MR) is 73.2 cm³/mol. The van der Waals surface area contributed by atoms with E-state index in [2.05, 4.69) is 0 Å². The van der Waals surface area contributed by atoms with E-state index in [1.165, 1.54) is 14.2 Å². The van der Waals surface area contributed by atoms with E-state index in [1.807, 2.05) is 0 Å². The Bertz CT molecular complexity index is 512. The molecule has 0 unspecified atom stereocenters. The molecule has 12 heteroatoms. The van der Waals surface area contributed by atoms with Crippen LogP contribution in [-0.4, -0.2) is 73.9 Å². The molecule has 2 aliphatic rings. The molecule has 2 rings (SSSR count). The number of halogens is 3. The van der Waals surface area contributed by atoms with Gasteiger partial charge < -0.3 is 34.5 Å². The number of hydrogen-bond acceptors (Lipinski definition) is 8. The average Bonchev–Trinajstić information content (AvgIpc) is 2.94. The van der Waals surface area contributed by atoms with E-state index in [0.29, 0.717) is 0 Å². The van der Waals surface area contributed by atoms with Gasteiger partial charge in [0.05, 0.1) is 7.11 Å². The third-order valence-corrected chi connectivity index (χ3v) is 3.50. The second-order valence-corrected chi connectivity index (χ2v) is 5.63. The van der Waals surface area contributed by atoms with E-state index in [4.69, 9.17) is 39.3 Å². The lowest BCUT2D eigenvalue weighted by Gasteiger charge is -2.32. The van der Waals surface area contributed by atoms with Crippen molar-refractivity contribution in [3.8, 4) is 0 Å². The standard InChI is InChI=1S/C11H19NO6.C2HF3O2/c1-10(2)16-6-7(14-3)11(5-12,9(13)15-4)18-8(6)17-10;3-2(4,5)1(6)7/h6-8H,5,12H2,1-4H3;(H,6,7)/t6-,7-,8+,11+;/m1./s1. The Morgan fingerprint density at radius 1 is 1.20 bits per heavy atom. The molecule has 0 bridgehead atoms. The second-order valence-electron chi connectivity index (χ2n) is 5.63. The second kappa shape index (κ2) is 7.41. The van der Waals surface area contributed by atoms with Gasteiger partial charge in [0.2, 0.25) is 5.60 Å². The molecule has 25 heavy (non-hydrogen) atoms. The van der Waals surface area contributed by atoms with Crippen molar-refractivity contribution in [2.75, 3.05) is 20.8 Å². The molecule has 0 spiro atoms. The van der Waals surface area contributed by atoms with Crippen LogP contribution in [0, 0.1) is 0 Å². The number of carbonyl (C=O) groups excluding carboxylic acids is 1. The number of hydrogen-bond donors (Lipinski definition) is 2. The number of nitrogens with two attached hydrogens (primary N) is 1. The summed E-state index contributed by atoms with van der Waals surface area (Å²) < 4.78 is 58.7. The molecule has 3 N–H and O–H groups in total. The summed E-state index contributed by atoms with van der Waals surface area (Å²) in [6.07, 6.45) is -6.94. The van der Waals surface area contributed by atoms with Crippen LogP contribution in [-0.2, 0) is 33.3 Å². The van der Waals surface area contributed by atoms with Crippen molar-refractivity contribution >= 4 is 11.9 Å². The number of rotatable bonds is 3. The number of aliphatic carboxylic acids is 1. The third-order valence-electron chi connectivity index (χ3n) is 3.50. The van der Waals surface area contributed by atoms with Gasteiger partial charge in [-0.05, 0) is 13.8 Å². The van der Waals surface area contributed by atoms with Crippen molar-refractivity contribution in [2.45, 2.75) is 49.9 Å². The number of alkyl halides is 3. The Labute approximate surface area is 141 Å². The van der Waals surface area contributed by atoms with Gasteiger partial charge in [-0.25, -0.2) is 9.59 Å². The highest BCUT2D eigenvalue weighted by atomic mass is 19.4. The first-order chi connectivity index (χ1) is 11.3. The van der Waals surface area contributed by atoms with Crippen LogP contribution in [0.4, 0.5) is 13.2 Å². The van der Waals surface area contributed by atoms with Gasteiger partial charge in [0.25, 0.3) is 0 Å². The first-order valence-corrected chi connectivity index (χ1v) is 6.99. The number of carboxylic acid groups (broad SMARTS) is 1. The summed E-state index contributed by atoms with van der Waals surface area (Å²) in [5.41, 5.74) is 4.29. The zero-order valence-electron chi connectivity index (χ0n) is 14.0. The fraction of sp³-hybridized carbons (Fsp3) is 0.846. The maximum atomic E-state index is 11.9. The van der Waals surface area contributed by atoms with Crippen LogP contribution >= 0.6 is 0 Å². The number of ether oxygens (including phenoxy) is 5. The Balaban J connectivity index is 0.000000381. The van der Waals surface area contributed by atoms with Crippen LogP contribution in [0.2, 0.25) is 0 Å². The fourth-order valence-electron chi connectivity index (χ4n) is 2.50. The van der Waals surface area contributed by atoms with Gasteiger partial charge >= 0.3 is 18.1 Å². The Morgan fingerprint density at radius 3 is 2.08 bits per heavy atom. The lowest BCUT2D eigenvalue weighted by atomic mass is 9.95. The SMILES string of the molecule is COC(=O)[C@@]1(CN)O[C@@H]2OC(C)(C)O[C@@H]2[C@H]1OC.O=C(O)C(F)(F)F. The molecule has 0 amide bonds. The normalized spacial score (nSPS) is 33.2. The topological polar surface area (TPSA) is 127 Å². The van der Waals surface area contributed by atoms with Crippen LogP contribution < -0.4 is 5.73 Å². The molecule has 2 aliphatic heterocycles. The highest BCUT2D eigenvalue weighted by molar-refractivity contribution is 5.81. The Morgan fingerprint density at radius 2 is 1.72 bits per heavy atom. The summed E-state index contributed by atoms with van der Waals surface area (Å²) in [5.74, 6) is -4.12. The summed E-state index contributed by atoms with van der Waals surface area (Å²) in [7, 11) is 2.74. The van der Waals surface area contributed by atoms with Crippen LogP contribution in [0.15, 0.2) is 0 Å². The summed E-state index contributed by atoms with van der Waals surface area (Å²) in [6.45, 7) is 3.46. The average molecular weight is 375 g/mol. The highest BCUT2D eigenvalue weighted by Crippen LogP contribution is 2.43. The zero-order chi connectivity index (χ0) is 19.6. The first kappa shape index (κ1) is 21.6. The van der Waals surface area contributed by atoms with Crippen molar-refractivity contribution in [1.82, 2.24) is 0 Å². The van der Waals surface area contributed by atoms with Gasteiger partial charge in [0.1, 0.15) is 12.2 Å². The molecular weight excluding hydrogens is 355 g/mol. The largest absolute Gasteiger partial charge is 0.490 e. The Hall–Kier alpha value is -1.47. The third kappa shape index (κ3) is 4.39. The van der Waals surface area contributed by atoms with Crippen LogP contribution in [0.1, 0.15) is 13.8 Å². The maximum absolute atomic E-state index is 11.9. The molecule has 0 aliphatic carbocycles. The van der Waals surface area contributed by atoms with Gasteiger partial charge in [-0.15, -0.1) is 0 Å². The van der Waals surface area contributed by atoms with Crippen molar-refractivity contribution in [3.63, 3.8) is 0 Å². The molecule has 146 valence electrons. The molecule has 0 aromatic carbocycles. The summed E-state index contributed by atoms with van der Waals surface area (Å²) >= 11 is 0. The minimum Gasteiger partial charge on any atom is -0.475 e. The van der Waals surface area contributed by atoms with Crippen molar-refractivity contribution < 1.29 is 51.6 Å². The number of carboxylic acids is 1. The monoisotopic (exact) mass is 375 g/mol. The molecule has 0 aromatic heterocycles.